The van der Waals surface area contributed by atoms with E-state index in [-0.39, 0.29) is 6.03 Å². The fraction of sp³-hybridized carbons (Fsp3) is 0.455. The van der Waals surface area contributed by atoms with E-state index in [1.54, 1.807) is 6.20 Å². The Kier molecular flexibility index (Phi) is 3.17. The maximum Gasteiger partial charge on any atom is 0.315 e. The van der Waals surface area contributed by atoms with Crippen LogP contribution in [0.3, 0.4) is 0 Å². The molecule has 0 aromatic carbocycles. The molecule has 0 atom stereocenters. The second kappa shape index (κ2) is 4.77. The van der Waals surface area contributed by atoms with Crippen molar-refractivity contribution in [2.45, 2.75) is 25.3 Å². The van der Waals surface area contributed by atoms with Crippen LogP contribution in [0.4, 0.5) is 4.79 Å². The summed E-state index contributed by atoms with van der Waals surface area (Å²) in [4.78, 5) is 15.3. The molecule has 4 heteroatoms. The monoisotopic (exact) mass is 205 g/mol. The van der Waals surface area contributed by atoms with Crippen LogP contribution in [-0.4, -0.2) is 23.6 Å². The smallest absolute Gasteiger partial charge is 0.315 e. The van der Waals surface area contributed by atoms with Gasteiger partial charge in [-0.3, -0.25) is 4.98 Å². The third-order valence-electron chi connectivity index (χ3n) is 2.33. The number of nitrogens with one attached hydrogen (secondary N) is 2. The predicted molar refractivity (Wildman–Crippen MR) is 57.5 cm³/mol. The SMILES string of the molecule is O=C(NCCc1cccnc1)NC1CC1. The van der Waals surface area contributed by atoms with E-state index in [0.717, 1.165) is 24.8 Å². The summed E-state index contributed by atoms with van der Waals surface area (Å²) < 4.78 is 0. The highest BCUT2D eigenvalue weighted by molar-refractivity contribution is 5.74. The van der Waals surface area contributed by atoms with Crippen molar-refractivity contribution in [2.24, 2.45) is 0 Å². The molecule has 80 valence electrons. The van der Waals surface area contributed by atoms with E-state index < -0.39 is 0 Å². The fourth-order valence-electron chi connectivity index (χ4n) is 1.33. The molecule has 0 unspecified atom stereocenters. The zero-order valence-electron chi connectivity index (χ0n) is 8.57. The molecule has 1 aromatic rings. The largest absolute Gasteiger partial charge is 0.338 e. The predicted octanol–water partition coefficient (Wildman–Crippen LogP) is 1.09. The summed E-state index contributed by atoms with van der Waals surface area (Å²) in [5.74, 6) is 0. The lowest BCUT2D eigenvalue weighted by Crippen LogP contribution is -2.37. The molecule has 0 saturated heterocycles. The molecule has 0 bridgehead atoms. The Morgan fingerprint density at radius 1 is 1.53 bits per heavy atom. The van der Waals surface area contributed by atoms with Crippen LogP contribution in [0.25, 0.3) is 0 Å². The highest BCUT2D eigenvalue weighted by Crippen LogP contribution is 2.18. The molecule has 0 radical (unpaired) electrons. The van der Waals surface area contributed by atoms with Gasteiger partial charge >= 0.3 is 6.03 Å². The first-order valence-electron chi connectivity index (χ1n) is 5.28. The number of hydrogen-bond donors (Lipinski definition) is 2. The number of pyridine rings is 1. The van der Waals surface area contributed by atoms with Crippen LogP contribution in [0, 0.1) is 0 Å². The van der Waals surface area contributed by atoms with Crippen LogP contribution >= 0.6 is 0 Å². The molecule has 1 heterocycles. The van der Waals surface area contributed by atoms with Crippen LogP contribution in [0.1, 0.15) is 18.4 Å². The van der Waals surface area contributed by atoms with E-state index in [9.17, 15) is 4.79 Å². The molecule has 0 aliphatic heterocycles. The molecule has 1 aliphatic carbocycles. The molecule has 1 fully saturated rings. The van der Waals surface area contributed by atoms with Crippen LogP contribution < -0.4 is 10.6 Å². The highest BCUT2D eigenvalue weighted by Gasteiger charge is 2.22. The van der Waals surface area contributed by atoms with Gasteiger partial charge in [-0.25, -0.2) is 4.79 Å². The molecule has 0 spiro atoms. The average molecular weight is 205 g/mol. The zero-order valence-corrected chi connectivity index (χ0v) is 8.57. The van der Waals surface area contributed by atoms with E-state index in [4.69, 9.17) is 0 Å². The van der Waals surface area contributed by atoms with Crippen molar-refractivity contribution in [1.82, 2.24) is 15.6 Å². The third kappa shape index (κ3) is 3.58. The van der Waals surface area contributed by atoms with E-state index in [2.05, 4.69) is 15.6 Å². The van der Waals surface area contributed by atoms with Crippen molar-refractivity contribution in [3.63, 3.8) is 0 Å². The lowest BCUT2D eigenvalue weighted by Gasteiger charge is -2.05. The van der Waals surface area contributed by atoms with Gasteiger partial charge in [-0.05, 0) is 30.9 Å². The molecular formula is C11H15N3O. The van der Waals surface area contributed by atoms with Gasteiger partial charge in [0, 0.05) is 25.0 Å². The van der Waals surface area contributed by atoms with E-state index in [0.29, 0.717) is 12.6 Å². The summed E-state index contributed by atoms with van der Waals surface area (Å²) >= 11 is 0. The molecule has 2 rings (SSSR count). The number of carbonyl (C=O) groups is 1. The van der Waals surface area contributed by atoms with E-state index in [1.807, 2.05) is 18.3 Å². The Bertz CT molecular complexity index is 322. The Labute approximate surface area is 89.1 Å². The molecule has 1 aromatic heterocycles. The minimum Gasteiger partial charge on any atom is -0.338 e. The number of carbonyl (C=O) groups excluding carboxylic acids is 1. The van der Waals surface area contributed by atoms with E-state index >= 15 is 0 Å². The normalized spacial score (nSPS) is 14.7. The van der Waals surface area contributed by atoms with Crippen molar-refractivity contribution in [1.29, 1.82) is 0 Å². The number of rotatable bonds is 4. The van der Waals surface area contributed by atoms with Crippen molar-refractivity contribution < 1.29 is 4.79 Å². The first-order valence-corrected chi connectivity index (χ1v) is 5.28. The van der Waals surface area contributed by atoms with Gasteiger partial charge in [-0.15, -0.1) is 0 Å². The average Bonchev–Trinajstić information content (AvgIpc) is 3.03. The molecule has 1 saturated carbocycles. The number of hydrogen-bond acceptors (Lipinski definition) is 2. The van der Waals surface area contributed by atoms with Crippen LogP contribution in [0.15, 0.2) is 24.5 Å². The van der Waals surface area contributed by atoms with Gasteiger partial charge in [0.05, 0.1) is 0 Å². The lowest BCUT2D eigenvalue weighted by atomic mass is 10.2. The second-order valence-corrected chi connectivity index (χ2v) is 3.79. The third-order valence-corrected chi connectivity index (χ3v) is 2.33. The van der Waals surface area contributed by atoms with Gasteiger partial charge in [0.25, 0.3) is 0 Å². The Balaban J connectivity index is 1.63. The zero-order chi connectivity index (χ0) is 10.5. The molecule has 4 nitrogen and oxygen atoms in total. The lowest BCUT2D eigenvalue weighted by molar-refractivity contribution is 0.240. The van der Waals surface area contributed by atoms with Crippen molar-refractivity contribution in [3.05, 3.63) is 30.1 Å². The number of urea groups is 1. The van der Waals surface area contributed by atoms with Crippen LogP contribution in [0.5, 0.6) is 0 Å². The maximum atomic E-state index is 11.2. The summed E-state index contributed by atoms with van der Waals surface area (Å²) in [5.41, 5.74) is 1.14. The molecular weight excluding hydrogens is 190 g/mol. The quantitative estimate of drug-likeness (QED) is 0.773. The number of aromatic nitrogens is 1. The molecule has 2 amide bonds. The Morgan fingerprint density at radius 3 is 3.07 bits per heavy atom. The van der Waals surface area contributed by atoms with E-state index in [1.165, 1.54) is 0 Å². The Morgan fingerprint density at radius 2 is 2.40 bits per heavy atom. The highest BCUT2D eigenvalue weighted by atomic mass is 16.2. The maximum absolute atomic E-state index is 11.2. The van der Waals surface area contributed by atoms with Crippen molar-refractivity contribution in [2.75, 3.05) is 6.54 Å². The Hall–Kier alpha value is -1.58. The van der Waals surface area contributed by atoms with Crippen molar-refractivity contribution in [3.8, 4) is 0 Å². The number of amides is 2. The van der Waals surface area contributed by atoms with Gasteiger partial charge in [-0.1, -0.05) is 6.07 Å². The standard InChI is InChI=1S/C11H15N3O/c15-11(14-10-3-4-10)13-7-5-9-2-1-6-12-8-9/h1-2,6,8,10H,3-5,7H2,(H2,13,14,15). The summed E-state index contributed by atoms with van der Waals surface area (Å²) in [5, 5.41) is 5.70. The molecule has 15 heavy (non-hydrogen) atoms. The van der Waals surface area contributed by atoms with Crippen LogP contribution in [-0.2, 0) is 6.42 Å². The minimum atomic E-state index is -0.0543. The van der Waals surface area contributed by atoms with Crippen LogP contribution in [0.2, 0.25) is 0 Å². The summed E-state index contributed by atoms with van der Waals surface area (Å²) in [6.45, 7) is 0.657. The fourth-order valence-corrected chi connectivity index (χ4v) is 1.33. The van der Waals surface area contributed by atoms with Gasteiger partial charge in [0.15, 0.2) is 0 Å². The summed E-state index contributed by atoms with van der Waals surface area (Å²) in [6.07, 6.45) is 6.63. The first-order chi connectivity index (χ1) is 7.34. The van der Waals surface area contributed by atoms with Gasteiger partial charge in [0.1, 0.15) is 0 Å². The van der Waals surface area contributed by atoms with Gasteiger partial charge < -0.3 is 10.6 Å². The minimum absolute atomic E-state index is 0.0543. The van der Waals surface area contributed by atoms with Gasteiger partial charge in [-0.2, -0.15) is 0 Å². The second-order valence-electron chi connectivity index (χ2n) is 3.79. The number of nitrogens with zero attached hydrogens (tertiary/aromatic N) is 1. The molecule has 2 N–H and O–H groups in total. The molecule has 1 aliphatic rings. The summed E-state index contributed by atoms with van der Waals surface area (Å²) in [7, 11) is 0. The van der Waals surface area contributed by atoms with Crippen molar-refractivity contribution >= 4 is 6.03 Å². The van der Waals surface area contributed by atoms with Gasteiger partial charge in [0.2, 0.25) is 0 Å². The summed E-state index contributed by atoms with van der Waals surface area (Å²) in [6, 6.07) is 4.28. The first kappa shape index (κ1) is 9.96. The topological polar surface area (TPSA) is 54.0 Å².